The molecule has 0 spiro atoms. The molecule has 166 valence electrons. The van der Waals surface area contributed by atoms with Crippen molar-refractivity contribution in [2.45, 2.75) is 58.5 Å². The van der Waals surface area contributed by atoms with Crippen molar-refractivity contribution in [1.82, 2.24) is 9.47 Å². The average Bonchev–Trinajstić information content (AvgIpc) is 3.72. The molecule has 0 N–H and O–H groups in total. The van der Waals surface area contributed by atoms with Crippen LogP contribution in [0.2, 0.25) is 0 Å². The highest BCUT2D eigenvalue weighted by Gasteiger charge is 2.44. The summed E-state index contributed by atoms with van der Waals surface area (Å²) < 4.78 is 3.24. The minimum atomic E-state index is 0.140. The van der Waals surface area contributed by atoms with E-state index in [1.807, 2.05) is 6.07 Å². The van der Waals surface area contributed by atoms with Gasteiger partial charge >= 0.3 is 0 Å². The molecule has 2 atom stereocenters. The van der Waals surface area contributed by atoms with Crippen molar-refractivity contribution in [2.24, 2.45) is 17.8 Å². The summed E-state index contributed by atoms with van der Waals surface area (Å²) in [6.45, 7) is 4.41. The molecule has 2 saturated carbocycles. The molecule has 3 heterocycles. The van der Waals surface area contributed by atoms with E-state index in [4.69, 9.17) is 0 Å². The van der Waals surface area contributed by atoms with Crippen LogP contribution in [0.3, 0.4) is 0 Å². The third-order valence-corrected chi connectivity index (χ3v) is 8.55. The lowest BCUT2D eigenvalue weighted by atomic mass is 9.98. The Morgan fingerprint density at radius 2 is 2.06 bits per heavy atom. The predicted octanol–water partition coefficient (Wildman–Crippen LogP) is 5.46. The summed E-state index contributed by atoms with van der Waals surface area (Å²) >= 11 is 1.70. The maximum atomic E-state index is 13.7. The summed E-state index contributed by atoms with van der Waals surface area (Å²) in [6, 6.07) is 10.5. The minimum Gasteiger partial charge on any atom is -0.338 e. The lowest BCUT2D eigenvalue weighted by Gasteiger charge is -2.31. The number of hydrogen-bond acceptors (Lipinski definition) is 3. The van der Waals surface area contributed by atoms with Gasteiger partial charge in [0.15, 0.2) is 0 Å². The quantitative estimate of drug-likeness (QED) is 0.504. The van der Waals surface area contributed by atoms with Gasteiger partial charge in [-0.15, -0.1) is 11.3 Å². The normalized spacial score (nSPS) is 22.2. The molecule has 32 heavy (non-hydrogen) atoms. The van der Waals surface area contributed by atoms with E-state index in [1.54, 1.807) is 11.3 Å². The Balaban J connectivity index is 1.40. The molecule has 3 aliphatic rings. The smallest absolute Gasteiger partial charge is 0.258 e. The molecule has 4 nitrogen and oxygen atoms in total. The van der Waals surface area contributed by atoms with Crippen molar-refractivity contribution >= 4 is 27.3 Å². The van der Waals surface area contributed by atoms with Gasteiger partial charge in [-0.3, -0.25) is 9.59 Å². The zero-order valence-corrected chi connectivity index (χ0v) is 19.5. The van der Waals surface area contributed by atoms with Crippen LogP contribution in [0.4, 0.5) is 0 Å². The number of amides is 1. The fourth-order valence-electron chi connectivity index (χ4n) is 5.53. The zero-order chi connectivity index (χ0) is 21.8. The van der Waals surface area contributed by atoms with Gasteiger partial charge in [0.25, 0.3) is 5.56 Å². The lowest BCUT2D eigenvalue weighted by molar-refractivity contribution is -0.133. The summed E-state index contributed by atoms with van der Waals surface area (Å²) in [5.41, 5.74) is 4.29. The van der Waals surface area contributed by atoms with Gasteiger partial charge in [0.05, 0.1) is 0 Å². The van der Waals surface area contributed by atoms with Gasteiger partial charge in [-0.25, -0.2) is 0 Å². The van der Waals surface area contributed by atoms with Crippen LogP contribution in [-0.4, -0.2) is 21.9 Å². The van der Waals surface area contributed by atoms with Crippen LogP contribution < -0.4 is 5.56 Å². The number of thiophene rings is 1. The number of fused-ring (bicyclic) bond motifs is 2. The third-order valence-electron chi connectivity index (χ3n) is 7.59. The largest absolute Gasteiger partial charge is 0.338 e. The summed E-state index contributed by atoms with van der Waals surface area (Å²) in [6.07, 6.45) is 6.60. The maximum absolute atomic E-state index is 13.7. The first-order valence-electron chi connectivity index (χ1n) is 12.1. The van der Waals surface area contributed by atoms with Crippen molar-refractivity contribution in [3.8, 4) is 11.1 Å². The minimum absolute atomic E-state index is 0.140. The van der Waals surface area contributed by atoms with E-state index in [-0.39, 0.29) is 11.5 Å². The van der Waals surface area contributed by atoms with E-state index < -0.39 is 0 Å². The first kappa shape index (κ1) is 20.2. The Hall–Kier alpha value is -2.40. The van der Waals surface area contributed by atoms with E-state index in [1.165, 1.54) is 28.5 Å². The Kier molecular flexibility index (Phi) is 4.98. The molecular weight excluding hydrogens is 416 g/mol. The fraction of sp³-hybridized carbons (Fsp3) is 0.481. The molecule has 2 aromatic heterocycles. The van der Waals surface area contributed by atoms with Crippen LogP contribution in [0, 0.1) is 17.8 Å². The molecule has 3 aromatic rings. The maximum Gasteiger partial charge on any atom is 0.258 e. The first-order valence-corrected chi connectivity index (χ1v) is 13.0. The van der Waals surface area contributed by atoms with E-state index >= 15 is 0 Å². The van der Waals surface area contributed by atoms with Gasteiger partial charge in [0, 0.05) is 53.5 Å². The molecule has 0 unspecified atom stereocenters. The number of aromatic nitrogens is 1. The third kappa shape index (κ3) is 3.51. The van der Waals surface area contributed by atoms with Gasteiger partial charge in [-0.1, -0.05) is 31.5 Å². The lowest BCUT2D eigenvalue weighted by Crippen LogP contribution is -2.40. The molecule has 1 aromatic carbocycles. The Morgan fingerprint density at radius 1 is 1.19 bits per heavy atom. The summed E-state index contributed by atoms with van der Waals surface area (Å²) in [5.74, 6) is 1.78. The van der Waals surface area contributed by atoms with Crippen LogP contribution >= 0.6 is 11.3 Å². The van der Waals surface area contributed by atoms with Gasteiger partial charge in [0.2, 0.25) is 5.91 Å². The second kappa shape index (κ2) is 7.87. The van der Waals surface area contributed by atoms with Crippen LogP contribution in [-0.2, 0) is 24.3 Å². The number of benzene rings is 1. The molecule has 0 saturated heterocycles. The Labute approximate surface area is 192 Å². The second-order valence-electron chi connectivity index (χ2n) is 9.93. The van der Waals surface area contributed by atoms with Crippen LogP contribution in [0.15, 0.2) is 40.5 Å². The van der Waals surface area contributed by atoms with E-state index in [2.05, 4.69) is 46.0 Å². The van der Waals surface area contributed by atoms with Crippen molar-refractivity contribution < 1.29 is 4.79 Å². The molecular formula is C27H30N2O2S. The molecule has 6 rings (SSSR count). The van der Waals surface area contributed by atoms with Crippen molar-refractivity contribution in [3.05, 3.63) is 57.3 Å². The van der Waals surface area contributed by atoms with Gasteiger partial charge in [-0.05, 0) is 66.0 Å². The van der Waals surface area contributed by atoms with E-state index in [0.29, 0.717) is 24.3 Å². The second-order valence-corrected chi connectivity index (χ2v) is 10.9. The van der Waals surface area contributed by atoms with Crippen molar-refractivity contribution in [2.75, 3.05) is 6.54 Å². The molecule has 0 radical (unpaired) electrons. The topological polar surface area (TPSA) is 42.3 Å². The van der Waals surface area contributed by atoms with Crippen molar-refractivity contribution in [3.63, 3.8) is 0 Å². The van der Waals surface area contributed by atoms with Crippen molar-refractivity contribution in [1.29, 1.82) is 0 Å². The fourth-order valence-corrected chi connectivity index (χ4v) is 6.46. The number of nitrogens with zero attached hydrogens (tertiary/aromatic N) is 2. The first-order chi connectivity index (χ1) is 15.6. The monoisotopic (exact) mass is 446 g/mol. The number of rotatable bonds is 6. The number of carbonyl (C=O) groups is 1. The standard InChI is InChI=1S/C27H30N2O2S/c1-2-4-19-13-22(19)26(30)28-11-9-24-20(16-28)14-23(27(31)29(24)15-17-7-8-17)21-6-3-5-18-10-12-32-25(18)21/h3,5-6,10,12,14,17,19,22H,2,4,7-9,11,13,15-16H2,1H3/t19-,22+/m0/s1. The average molecular weight is 447 g/mol. The molecule has 2 aliphatic carbocycles. The van der Waals surface area contributed by atoms with Gasteiger partial charge in [-0.2, -0.15) is 0 Å². The SMILES string of the molecule is CCC[C@H]1C[C@H]1C(=O)N1CCc2c(cc(-c3cccc4ccsc34)c(=O)n2CC2CC2)C1. The van der Waals surface area contributed by atoms with Crippen LogP contribution in [0.25, 0.3) is 21.2 Å². The highest BCUT2D eigenvalue weighted by Crippen LogP contribution is 2.44. The molecule has 1 aliphatic heterocycles. The van der Waals surface area contributed by atoms with Crippen LogP contribution in [0.1, 0.15) is 50.3 Å². The number of carbonyl (C=O) groups excluding carboxylic acids is 1. The Morgan fingerprint density at radius 3 is 2.88 bits per heavy atom. The molecule has 2 fully saturated rings. The van der Waals surface area contributed by atoms with Gasteiger partial charge < -0.3 is 9.47 Å². The Bertz CT molecular complexity index is 1250. The van der Waals surface area contributed by atoms with E-state index in [0.717, 1.165) is 55.6 Å². The number of pyridine rings is 1. The number of hydrogen-bond donors (Lipinski definition) is 0. The highest BCUT2D eigenvalue weighted by atomic mass is 32.1. The van der Waals surface area contributed by atoms with E-state index in [9.17, 15) is 9.59 Å². The molecule has 5 heteroatoms. The molecule has 1 amide bonds. The molecule has 0 bridgehead atoms. The summed E-state index contributed by atoms with van der Waals surface area (Å²) in [7, 11) is 0. The predicted molar refractivity (Wildman–Crippen MR) is 130 cm³/mol. The summed E-state index contributed by atoms with van der Waals surface area (Å²) in [5, 5.41) is 3.28. The zero-order valence-electron chi connectivity index (χ0n) is 18.7. The van der Waals surface area contributed by atoms with Gasteiger partial charge in [0.1, 0.15) is 0 Å². The van der Waals surface area contributed by atoms with Crippen LogP contribution in [0.5, 0.6) is 0 Å². The highest BCUT2D eigenvalue weighted by molar-refractivity contribution is 7.17. The summed E-state index contributed by atoms with van der Waals surface area (Å²) in [4.78, 5) is 28.9.